The van der Waals surface area contributed by atoms with Crippen molar-refractivity contribution in [2.75, 3.05) is 20.9 Å². The van der Waals surface area contributed by atoms with E-state index in [1.807, 2.05) is 0 Å². The van der Waals surface area contributed by atoms with Crippen LogP contribution in [0.2, 0.25) is 5.02 Å². The summed E-state index contributed by atoms with van der Waals surface area (Å²) < 4.78 is 13.6. The third-order valence-corrected chi connectivity index (χ3v) is 6.05. The maximum atomic E-state index is 13.6. The minimum absolute atomic E-state index is 0.0609. The third kappa shape index (κ3) is 5.47. The largest absolute Gasteiger partial charge is 0.349 e. The van der Waals surface area contributed by atoms with Crippen molar-refractivity contribution in [2.45, 2.75) is 13.8 Å². The number of amides is 4. The first kappa shape index (κ1) is 25.9. The molecule has 4 amide bonds. The Labute approximate surface area is 221 Å². The van der Waals surface area contributed by atoms with Crippen LogP contribution >= 0.6 is 23.2 Å². The van der Waals surface area contributed by atoms with Gasteiger partial charge in [0.25, 0.3) is 17.7 Å². The van der Waals surface area contributed by atoms with Gasteiger partial charge in [-0.15, -0.1) is 0 Å². The van der Waals surface area contributed by atoms with E-state index >= 15 is 0 Å². The molecule has 1 heterocycles. The number of aryl methyl sites for hydroxylation is 1. The number of rotatable bonds is 6. The second-order valence-electron chi connectivity index (χ2n) is 8.10. The average molecular weight is 541 g/mol. The summed E-state index contributed by atoms with van der Waals surface area (Å²) in [6.07, 6.45) is 0. The van der Waals surface area contributed by atoms with E-state index < -0.39 is 23.5 Å². The van der Waals surface area contributed by atoms with Gasteiger partial charge in [0.15, 0.2) is 0 Å². The van der Waals surface area contributed by atoms with Crippen LogP contribution in [0.15, 0.2) is 71.4 Å². The Kier molecular flexibility index (Phi) is 7.28. The molecule has 0 saturated carbocycles. The smallest absolute Gasteiger partial charge is 0.283 e. The number of imide groups is 1. The Morgan fingerprint density at radius 1 is 0.865 bits per heavy atom. The standard InChI is InChI=1S/C26H19Cl2FN4O4/c1-13-3-4-15(24(35)31-17-7-5-16(6-8-17)30-14(2)34)11-21(13)32-23-22(28)25(36)33(26(23)37)18-9-10-20(29)19(27)12-18/h3-12,32H,1-2H3,(H,30,34)(H,31,35). The number of nitrogens with zero attached hydrogens (tertiary/aromatic N) is 1. The van der Waals surface area contributed by atoms with Gasteiger partial charge in [0, 0.05) is 29.5 Å². The maximum absolute atomic E-state index is 13.6. The molecule has 8 nitrogen and oxygen atoms in total. The quantitative estimate of drug-likeness (QED) is 0.361. The molecular formula is C26H19Cl2FN4O4. The van der Waals surface area contributed by atoms with Gasteiger partial charge in [-0.05, 0) is 67.1 Å². The van der Waals surface area contributed by atoms with Crippen molar-refractivity contribution in [1.29, 1.82) is 0 Å². The van der Waals surface area contributed by atoms with Crippen molar-refractivity contribution < 1.29 is 23.6 Å². The monoisotopic (exact) mass is 540 g/mol. The van der Waals surface area contributed by atoms with Gasteiger partial charge < -0.3 is 16.0 Å². The van der Waals surface area contributed by atoms with Crippen molar-refractivity contribution in [1.82, 2.24) is 0 Å². The summed E-state index contributed by atoms with van der Waals surface area (Å²) in [6, 6.07) is 14.8. The lowest BCUT2D eigenvalue weighted by Gasteiger charge is -2.16. The lowest BCUT2D eigenvalue weighted by molar-refractivity contribution is -0.120. The molecule has 11 heteroatoms. The molecule has 3 N–H and O–H groups in total. The minimum Gasteiger partial charge on any atom is -0.349 e. The Balaban J connectivity index is 1.53. The molecule has 0 aromatic heterocycles. The molecule has 0 bridgehead atoms. The second kappa shape index (κ2) is 10.4. The topological polar surface area (TPSA) is 108 Å². The first-order valence-electron chi connectivity index (χ1n) is 10.9. The zero-order valence-electron chi connectivity index (χ0n) is 19.5. The Bertz CT molecular complexity index is 1490. The number of anilines is 4. The Hall–Kier alpha value is -4.21. The fourth-order valence-electron chi connectivity index (χ4n) is 3.55. The average Bonchev–Trinajstić information content (AvgIpc) is 3.06. The third-order valence-electron chi connectivity index (χ3n) is 5.41. The van der Waals surface area contributed by atoms with Crippen LogP contribution in [0.1, 0.15) is 22.8 Å². The van der Waals surface area contributed by atoms with E-state index in [-0.39, 0.29) is 32.9 Å². The van der Waals surface area contributed by atoms with Gasteiger partial charge in [0.2, 0.25) is 5.91 Å². The first-order chi connectivity index (χ1) is 17.5. The summed E-state index contributed by atoms with van der Waals surface area (Å²) in [7, 11) is 0. The van der Waals surface area contributed by atoms with Crippen molar-refractivity contribution in [3.63, 3.8) is 0 Å². The van der Waals surface area contributed by atoms with E-state index in [1.54, 1.807) is 43.3 Å². The summed E-state index contributed by atoms with van der Waals surface area (Å²) >= 11 is 12.0. The molecule has 0 spiro atoms. The van der Waals surface area contributed by atoms with Crippen LogP contribution < -0.4 is 20.9 Å². The summed E-state index contributed by atoms with van der Waals surface area (Å²) in [5.74, 6) is -2.89. The lowest BCUT2D eigenvalue weighted by atomic mass is 10.1. The molecule has 3 aromatic rings. The molecule has 0 fully saturated rings. The predicted octanol–water partition coefficient (Wildman–Crippen LogP) is 5.43. The maximum Gasteiger partial charge on any atom is 0.283 e. The van der Waals surface area contributed by atoms with Crippen LogP contribution in [0, 0.1) is 12.7 Å². The molecule has 4 rings (SSSR count). The number of halogens is 3. The van der Waals surface area contributed by atoms with Gasteiger partial charge in [-0.25, -0.2) is 9.29 Å². The van der Waals surface area contributed by atoms with Crippen LogP contribution in [-0.4, -0.2) is 23.6 Å². The molecule has 37 heavy (non-hydrogen) atoms. The summed E-state index contributed by atoms with van der Waals surface area (Å²) in [4.78, 5) is 50.5. The van der Waals surface area contributed by atoms with Gasteiger partial charge in [-0.1, -0.05) is 29.3 Å². The molecule has 0 unspecified atom stereocenters. The molecule has 3 aromatic carbocycles. The highest BCUT2D eigenvalue weighted by Crippen LogP contribution is 2.33. The lowest BCUT2D eigenvalue weighted by Crippen LogP contribution is -2.32. The van der Waals surface area contributed by atoms with E-state index in [4.69, 9.17) is 23.2 Å². The molecule has 0 atom stereocenters. The normalized spacial score (nSPS) is 13.2. The summed E-state index contributed by atoms with van der Waals surface area (Å²) in [5, 5.41) is 7.63. The van der Waals surface area contributed by atoms with Gasteiger partial charge in [-0.3, -0.25) is 19.2 Å². The SMILES string of the molecule is CC(=O)Nc1ccc(NC(=O)c2ccc(C)c(NC3=C(Cl)C(=O)N(c4ccc(F)c(Cl)c4)C3=O)c2)cc1. The molecule has 0 radical (unpaired) electrons. The molecule has 188 valence electrons. The van der Waals surface area contributed by atoms with E-state index in [2.05, 4.69) is 16.0 Å². The number of carbonyl (C=O) groups is 4. The number of benzene rings is 3. The van der Waals surface area contributed by atoms with E-state index in [0.29, 0.717) is 22.6 Å². The molecule has 1 aliphatic heterocycles. The van der Waals surface area contributed by atoms with Crippen molar-refractivity contribution in [3.05, 3.63) is 93.4 Å². The molecule has 1 aliphatic rings. The second-order valence-corrected chi connectivity index (χ2v) is 8.89. The van der Waals surface area contributed by atoms with Gasteiger partial charge in [0.1, 0.15) is 16.5 Å². The van der Waals surface area contributed by atoms with E-state index in [9.17, 15) is 23.6 Å². The van der Waals surface area contributed by atoms with Crippen LogP contribution in [0.3, 0.4) is 0 Å². The number of hydrogen-bond donors (Lipinski definition) is 3. The summed E-state index contributed by atoms with van der Waals surface area (Å²) in [6.45, 7) is 3.14. The molecule has 0 aliphatic carbocycles. The number of nitrogens with one attached hydrogen (secondary N) is 3. The highest BCUT2D eigenvalue weighted by atomic mass is 35.5. The van der Waals surface area contributed by atoms with Gasteiger partial charge >= 0.3 is 0 Å². The van der Waals surface area contributed by atoms with Crippen LogP contribution in [0.5, 0.6) is 0 Å². The highest BCUT2D eigenvalue weighted by molar-refractivity contribution is 6.53. The Morgan fingerprint density at radius 3 is 2.14 bits per heavy atom. The van der Waals surface area contributed by atoms with Gasteiger partial charge in [0.05, 0.1) is 10.7 Å². The molecule has 0 saturated heterocycles. The number of carbonyl (C=O) groups excluding carboxylic acids is 4. The molecular weight excluding hydrogens is 522 g/mol. The summed E-state index contributed by atoms with van der Waals surface area (Å²) in [5.41, 5.74) is 2.29. The van der Waals surface area contributed by atoms with E-state index in [1.165, 1.54) is 19.1 Å². The van der Waals surface area contributed by atoms with Crippen LogP contribution in [-0.2, 0) is 14.4 Å². The predicted molar refractivity (Wildman–Crippen MR) is 140 cm³/mol. The van der Waals surface area contributed by atoms with Crippen molar-refractivity contribution in [3.8, 4) is 0 Å². The number of hydrogen-bond acceptors (Lipinski definition) is 5. The highest BCUT2D eigenvalue weighted by Gasteiger charge is 2.39. The van der Waals surface area contributed by atoms with E-state index in [0.717, 1.165) is 17.0 Å². The van der Waals surface area contributed by atoms with Gasteiger partial charge in [-0.2, -0.15) is 0 Å². The zero-order valence-corrected chi connectivity index (χ0v) is 21.0. The zero-order chi connectivity index (χ0) is 26.9. The van der Waals surface area contributed by atoms with Crippen molar-refractivity contribution >= 4 is 69.6 Å². The van der Waals surface area contributed by atoms with Crippen LogP contribution in [0.25, 0.3) is 0 Å². The first-order valence-corrected chi connectivity index (χ1v) is 11.6. The fraction of sp³-hybridized carbons (Fsp3) is 0.0769. The fourth-order valence-corrected chi connectivity index (χ4v) is 3.93. The minimum atomic E-state index is -0.800. The Morgan fingerprint density at radius 2 is 1.51 bits per heavy atom. The van der Waals surface area contributed by atoms with Crippen molar-refractivity contribution in [2.24, 2.45) is 0 Å². The van der Waals surface area contributed by atoms with Crippen LogP contribution in [0.4, 0.5) is 27.1 Å².